The van der Waals surface area contributed by atoms with Crippen molar-refractivity contribution in [3.63, 3.8) is 0 Å². The molecule has 0 saturated carbocycles. The van der Waals surface area contributed by atoms with Gasteiger partial charge < -0.3 is 24.9 Å². The van der Waals surface area contributed by atoms with Gasteiger partial charge in [-0.05, 0) is 40.0 Å². The number of fused-ring (bicyclic) bond motifs is 1. The van der Waals surface area contributed by atoms with Crippen LogP contribution in [0.15, 0.2) is 27.5 Å². The van der Waals surface area contributed by atoms with Crippen LogP contribution < -0.4 is 20.9 Å². The third-order valence-electron chi connectivity index (χ3n) is 4.27. The highest BCUT2D eigenvalue weighted by molar-refractivity contribution is 9.10. The monoisotopic (exact) mass is 479 g/mol. The molecule has 0 saturated heterocycles. The van der Waals surface area contributed by atoms with E-state index in [0.717, 1.165) is 18.4 Å². The fourth-order valence-corrected chi connectivity index (χ4v) is 3.23. The smallest absolute Gasteiger partial charge is 0.343 e. The zero-order chi connectivity index (χ0) is 21.7. The molecule has 2 heterocycles. The number of H-pyrrole nitrogens is 1. The first-order valence-corrected chi connectivity index (χ1v) is 10.1. The molecular weight excluding hydrogens is 458 g/mol. The number of carbonyl (C=O) groups excluding carboxylic acids is 1. The van der Waals surface area contributed by atoms with Gasteiger partial charge in [0.1, 0.15) is 11.3 Å². The predicted octanol–water partition coefficient (Wildman–Crippen LogP) is 2.24. The number of unbranched alkanes of at least 4 members (excludes halogenated alkanes) is 1. The van der Waals surface area contributed by atoms with E-state index in [-0.39, 0.29) is 30.7 Å². The Balaban J connectivity index is 1.86. The summed E-state index contributed by atoms with van der Waals surface area (Å²) in [7, 11) is 1.29. The molecule has 0 aliphatic carbocycles. The van der Waals surface area contributed by atoms with Crippen molar-refractivity contribution >= 4 is 38.9 Å². The number of halogens is 1. The lowest BCUT2D eigenvalue weighted by Crippen LogP contribution is -2.18. The number of ether oxygens (including phenoxy) is 3. The van der Waals surface area contributed by atoms with Crippen LogP contribution in [0.1, 0.15) is 25.3 Å². The second-order valence-electron chi connectivity index (χ2n) is 6.44. The van der Waals surface area contributed by atoms with E-state index >= 15 is 0 Å². The van der Waals surface area contributed by atoms with Crippen molar-refractivity contribution in [1.29, 1.82) is 0 Å². The maximum absolute atomic E-state index is 12.5. The van der Waals surface area contributed by atoms with Crippen LogP contribution in [0, 0.1) is 0 Å². The first-order chi connectivity index (χ1) is 14.4. The lowest BCUT2D eigenvalue weighted by molar-refractivity contribution is -0.142. The molecule has 0 atom stereocenters. The van der Waals surface area contributed by atoms with E-state index in [1.165, 1.54) is 11.7 Å². The maximum atomic E-state index is 12.5. The number of imidazole rings is 1. The minimum Gasteiger partial charge on any atom is -0.481 e. The molecule has 11 heteroatoms. The van der Waals surface area contributed by atoms with Gasteiger partial charge in [0.15, 0.2) is 18.1 Å². The molecule has 0 radical (unpaired) electrons. The van der Waals surface area contributed by atoms with Crippen LogP contribution in [0.4, 0.5) is 5.82 Å². The Morgan fingerprint density at radius 2 is 2.10 bits per heavy atom. The minimum atomic E-state index is -0.481. The highest BCUT2D eigenvalue weighted by Gasteiger charge is 2.15. The molecule has 30 heavy (non-hydrogen) atoms. The molecule has 3 aromatic rings. The minimum absolute atomic E-state index is 0.133. The summed E-state index contributed by atoms with van der Waals surface area (Å²) in [6.45, 7) is 2.55. The van der Waals surface area contributed by atoms with Gasteiger partial charge in [-0.2, -0.15) is 9.97 Å². The lowest BCUT2D eigenvalue weighted by atomic mass is 10.2. The van der Waals surface area contributed by atoms with Gasteiger partial charge in [0.05, 0.1) is 24.7 Å². The number of nitrogens with two attached hydrogens (primary N) is 1. The molecule has 0 amide bonds. The molecule has 0 bridgehead atoms. The van der Waals surface area contributed by atoms with E-state index in [4.69, 9.17) is 15.2 Å². The van der Waals surface area contributed by atoms with Crippen molar-refractivity contribution in [3.8, 4) is 11.8 Å². The molecule has 0 fully saturated rings. The molecule has 10 nitrogen and oxygen atoms in total. The number of anilines is 1. The Hall–Kier alpha value is -3.08. The van der Waals surface area contributed by atoms with Crippen LogP contribution in [-0.2, 0) is 16.1 Å². The average Bonchev–Trinajstić information content (AvgIpc) is 3.03. The Kier molecular flexibility index (Phi) is 6.93. The predicted molar refractivity (Wildman–Crippen MR) is 114 cm³/mol. The molecular formula is C19H22BrN5O5. The average molecular weight is 480 g/mol. The fourth-order valence-electron chi connectivity index (χ4n) is 2.69. The summed E-state index contributed by atoms with van der Waals surface area (Å²) in [5.74, 6) is 0.147. The van der Waals surface area contributed by atoms with Crippen LogP contribution in [0.3, 0.4) is 0 Å². The Labute approximate surface area is 180 Å². The molecule has 3 rings (SSSR count). The van der Waals surface area contributed by atoms with Gasteiger partial charge in [-0.15, -0.1) is 0 Å². The number of methoxy groups -OCH3 is 1. The first-order valence-electron chi connectivity index (χ1n) is 9.29. The van der Waals surface area contributed by atoms with Crippen molar-refractivity contribution in [2.75, 3.05) is 26.1 Å². The topological polar surface area (TPSA) is 134 Å². The molecule has 0 aliphatic rings. The van der Waals surface area contributed by atoms with Gasteiger partial charge in [-0.25, -0.2) is 9.59 Å². The summed E-state index contributed by atoms with van der Waals surface area (Å²) in [4.78, 5) is 34.9. The highest BCUT2D eigenvalue weighted by Crippen LogP contribution is 2.27. The molecule has 1 aromatic carbocycles. The summed E-state index contributed by atoms with van der Waals surface area (Å²) < 4.78 is 17.6. The summed E-state index contributed by atoms with van der Waals surface area (Å²) in [5.41, 5.74) is 7.14. The quantitative estimate of drug-likeness (QED) is 0.352. The van der Waals surface area contributed by atoms with Crippen LogP contribution in [0.5, 0.6) is 11.8 Å². The highest BCUT2D eigenvalue weighted by atomic mass is 79.9. The number of aromatic nitrogens is 4. The van der Waals surface area contributed by atoms with Crippen molar-refractivity contribution in [1.82, 2.24) is 19.5 Å². The number of nitrogens with zero attached hydrogens (tertiary/aromatic N) is 3. The van der Waals surface area contributed by atoms with Crippen LogP contribution in [0.25, 0.3) is 11.2 Å². The SMILES string of the molecule is CCCCOc1nc(N)c2[nH]c(=O)n(Cc3ccc(OCC(=O)OC)c(Br)c3)c2n1. The molecule has 2 aromatic heterocycles. The van der Waals surface area contributed by atoms with Crippen LogP contribution in [0.2, 0.25) is 0 Å². The normalized spacial score (nSPS) is 10.9. The number of nitrogen functional groups attached to an aromatic ring is 1. The van der Waals surface area contributed by atoms with E-state index < -0.39 is 5.97 Å². The van der Waals surface area contributed by atoms with Gasteiger partial charge in [0, 0.05) is 0 Å². The zero-order valence-corrected chi connectivity index (χ0v) is 18.2. The Morgan fingerprint density at radius 1 is 1.30 bits per heavy atom. The summed E-state index contributed by atoms with van der Waals surface area (Å²) in [5, 5.41) is 0. The molecule has 3 N–H and O–H groups in total. The van der Waals surface area contributed by atoms with Gasteiger partial charge in [-0.3, -0.25) is 4.57 Å². The lowest BCUT2D eigenvalue weighted by Gasteiger charge is -2.10. The Morgan fingerprint density at radius 3 is 2.80 bits per heavy atom. The molecule has 0 unspecified atom stereocenters. The molecule has 160 valence electrons. The summed E-state index contributed by atoms with van der Waals surface area (Å²) in [6, 6.07) is 5.41. The van der Waals surface area contributed by atoms with Gasteiger partial charge >= 0.3 is 17.7 Å². The zero-order valence-electron chi connectivity index (χ0n) is 16.6. The van der Waals surface area contributed by atoms with E-state index in [1.54, 1.807) is 18.2 Å². The van der Waals surface area contributed by atoms with Crippen molar-refractivity contribution < 1.29 is 19.0 Å². The second-order valence-corrected chi connectivity index (χ2v) is 7.29. The van der Waals surface area contributed by atoms with E-state index in [1.807, 2.05) is 0 Å². The molecule has 0 aliphatic heterocycles. The number of benzene rings is 1. The molecule has 0 spiro atoms. The van der Waals surface area contributed by atoms with E-state index in [9.17, 15) is 9.59 Å². The number of carbonyl (C=O) groups is 1. The third-order valence-corrected chi connectivity index (χ3v) is 4.89. The number of aromatic amines is 1. The fraction of sp³-hybridized carbons (Fsp3) is 0.368. The van der Waals surface area contributed by atoms with Crippen LogP contribution in [-0.4, -0.2) is 45.8 Å². The van der Waals surface area contributed by atoms with Crippen molar-refractivity contribution in [2.45, 2.75) is 26.3 Å². The van der Waals surface area contributed by atoms with Crippen LogP contribution >= 0.6 is 15.9 Å². The van der Waals surface area contributed by atoms with E-state index in [2.05, 4.69) is 42.5 Å². The van der Waals surface area contributed by atoms with Crippen molar-refractivity contribution in [3.05, 3.63) is 38.7 Å². The number of hydrogen-bond donors (Lipinski definition) is 2. The third kappa shape index (κ3) is 4.90. The largest absolute Gasteiger partial charge is 0.481 e. The number of nitrogens with one attached hydrogen (secondary N) is 1. The summed E-state index contributed by atoms with van der Waals surface area (Å²) >= 11 is 3.41. The van der Waals surface area contributed by atoms with Gasteiger partial charge in [0.25, 0.3) is 0 Å². The summed E-state index contributed by atoms with van der Waals surface area (Å²) in [6.07, 6.45) is 1.83. The van der Waals surface area contributed by atoms with Gasteiger partial charge in [0.2, 0.25) is 0 Å². The number of hydrogen-bond acceptors (Lipinski definition) is 8. The Bertz CT molecular complexity index is 1110. The van der Waals surface area contributed by atoms with Gasteiger partial charge in [-0.1, -0.05) is 19.4 Å². The number of esters is 1. The first kappa shape index (κ1) is 21.6. The number of rotatable bonds is 9. The maximum Gasteiger partial charge on any atom is 0.343 e. The van der Waals surface area contributed by atoms with Crippen molar-refractivity contribution in [2.24, 2.45) is 0 Å². The second kappa shape index (κ2) is 9.61. The van der Waals surface area contributed by atoms with E-state index in [0.29, 0.717) is 28.0 Å². The standard InChI is InChI=1S/C19H22BrN5O5/c1-3-4-7-29-18-23-16(21)15-17(24-18)25(19(27)22-15)9-11-5-6-13(12(20)8-11)30-10-14(26)28-2/h5-6,8H,3-4,7,9-10H2,1-2H3,(H,22,27)(H2,21,23,24).